The number of carbonyl (C=O) groups is 2. The van der Waals surface area contributed by atoms with Crippen LogP contribution in [0.1, 0.15) is 22.3 Å². The Balaban J connectivity index is 1.64. The first kappa shape index (κ1) is 27.0. The predicted octanol–water partition coefficient (Wildman–Crippen LogP) is 5.85. The van der Waals surface area contributed by atoms with Gasteiger partial charge in [-0.05, 0) is 34.9 Å². The van der Waals surface area contributed by atoms with E-state index in [4.69, 9.17) is 16.3 Å². The maximum absolute atomic E-state index is 13.8. The molecule has 0 bridgehead atoms. The fourth-order valence-electron chi connectivity index (χ4n) is 4.36. The van der Waals surface area contributed by atoms with Crippen molar-refractivity contribution in [1.29, 1.82) is 0 Å². The Morgan fingerprint density at radius 3 is 2.05 bits per heavy atom. The van der Waals surface area contributed by atoms with Crippen LogP contribution in [0.4, 0.5) is 0 Å². The van der Waals surface area contributed by atoms with Crippen LogP contribution in [0.25, 0.3) is 0 Å². The topological polar surface area (TPSA) is 58.6 Å². The number of ether oxygens (including phenoxy) is 1. The first-order valence-corrected chi connectivity index (χ1v) is 12.9. The average molecular weight is 527 g/mol. The molecule has 0 unspecified atom stereocenters. The van der Waals surface area contributed by atoms with Crippen LogP contribution in [0.2, 0.25) is 5.02 Å². The Morgan fingerprint density at radius 1 is 0.789 bits per heavy atom. The third-order valence-corrected chi connectivity index (χ3v) is 6.63. The van der Waals surface area contributed by atoms with Crippen LogP contribution in [0, 0.1) is 0 Å². The molecule has 0 aliphatic rings. The van der Waals surface area contributed by atoms with Gasteiger partial charge in [-0.2, -0.15) is 0 Å². The van der Waals surface area contributed by atoms with E-state index in [1.165, 1.54) is 0 Å². The smallest absolute Gasteiger partial charge is 0.243 e. The molecule has 1 N–H and O–H groups in total. The van der Waals surface area contributed by atoms with Crippen molar-refractivity contribution < 1.29 is 14.3 Å². The van der Waals surface area contributed by atoms with Gasteiger partial charge in [0.25, 0.3) is 0 Å². The molecule has 0 aliphatic carbocycles. The monoisotopic (exact) mass is 526 g/mol. The van der Waals surface area contributed by atoms with E-state index in [0.717, 1.165) is 22.3 Å². The Labute approximate surface area is 229 Å². The molecule has 38 heavy (non-hydrogen) atoms. The second-order valence-electron chi connectivity index (χ2n) is 9.05. The number of amides is 2. The van der Waals surface area contributed by atoms with E-state index in [0.29, 0.717) is 30.3 Å². The maximum atomic E-state index is 13.8. The summed E-state index contributed by atoms with van der Waals surface area (Å²) in [4.78, 5) is 29.3. The number of halogens is 1. The number of carbonyl (C=O) groups excluding carboxylic acids is 2. The van der Waals surface area contributed by atoms with Gasteiger partial charge in [-0.3, -0.25) is 9.59 Å². The van der Waals surface area contributed by atoms with Gasteiger partial charge in [0.05, 0.1) is 13.5 Å². The SMILES string of the molecule is COc1ccccc1CNC(=O)[C@@H](Cc1ccccc1)N(Cc1ccccc1)C(=O)Cc1ccc(Cl)cc1. The van der Waals surface area contributed by atoms with Gasteiger partial charge < -0.3 is 15.0 Å². The van der Waals surface area contributed by atoms with Crippen molar-refractivity contribution in [2.75, 3.05) is 7.11 Å². The van der Waals surface area contributed by atoms with E-state index in [9.17, 15) is 9.59 Å². The molecule has 4 aromatic carbocycles. The number of methoxy groups -OCH3 is 1. The number of benzene rings is 4. The molecule has 4 rings (SSSR count). The normalized spacial score (nSPS) is 11.4. The molecule has 0 aromatic heterocycles. The lowest BCUT2D eigenvalue weighted by Crippen LogP contribution is -2.50. The molecule has 0 radical (unpaired) electrons. The van der Waals surface area contributed by atoms with Gasteiger partial charge in [-0.25, -0.2) is 0 Å². The fraction of sp³-hybridized carbons (Fsp3) is 0.188. The van der Waals surface area contributed by atoms with Crippen LogP contribution >= 0.6 is 11.6 Å². The summed E-state index contributed by atoms with van der Waals surface area (Å²) < 4.78 is 5.45. The molecule has 0 saturated heterocycles. The molecule has 0 heterocycles. The third kappa shape index (κ3) is 7.46. The molecular weight excluding hydrogens is 496 g/mol. The highest BCUT2D eigenvalue weighted by Crippen LogP contribution is 2.20. The lowest BCUT2D eigenvalue weighted by atomic mass is 10.0. The van der Waals surface area contributed by atoms with Gasteiger partial charge in [0.2, 0.25) is 11.8 Å². The summed E-state index contributed by atoms with van der Waals surface area (Å²) in [5.41, 5.74) is 3.63. The van der Waals surface area contributed by atoms with E-state index in [1.54, 1.807) is 24.1 Å². The quantitative estimate of drug-likeness (QED) is 0.267. The summed E-state index contributed by atoms with van der Waals surface area (Å²) in [6, 6.07) is 33.6. The van der Waals surface area contributed by atoms with Gasteiger partial charge in [-0.15, -0.1) is 0 Å². The predicted molar refractivity (Wildman–Crippen MR) is 151 cm³/mol. The first-order chi connectivity index (χ1) is 18.5. The van der Waals surface area contributed by atoms with E-state index in [-0.39, 0.29) is 18.2 Å². The summed E-state index contributed by atoms with van der Waals surface area (Å²) in [6.07, 6.45) is 0.548. The number of rotatable bonds is 11. The molecule has 2 amide bonds. The zero-order valence-electron chi connectivity index (χ0n) is 21.3. The molecule has 6 heteroatoms. The van der Waals surface area contributed by atoms with E-state index < -0.39 is 6.04 Å². The number of nitrogens with zero attached hydrogens (tertiary/aromatic N) is 1. The molecule has 1 atom stereocenters. The largest absolute Gasteiger partial charge is 0.496 e. The Kier molecular flexibility index (Phi) is 9.54. The summed E-state index contributed by atoms with van der Waals surface area (Å²) in [7, 11) is 1.61. The van der Waals surface area contributed by atoms with Crippen molar-refractivity contribution in [2.45, 2.75) is 32.0 Å². The van der Waals surface area contributed by atoms with E-state index >= 15 is 0 Å². The van der Waals surface area contributed by atoms with E-state index in [2.05, 4.69) is 5.32 Å². The van der Waals surface area contributed by atoms with Crippen molar-refractivity contribution >= 4 is 23.4 Å². The van der Waals surface area contributed by atoms with E-state index in [1.807, 2.05) is 97.1 Å². The van der Waals surface area contributed by atoms with Crippen molar-refractivity contribution in [1.82, 2.24) is 10.2 Å². The number of hydrogen-bond donors (Lipinski definition) is 1. The van der Waals surface area contributed by atoms with Gasteiger partial charge in [-0.1, -0.05) is 103 Å². The lowest BCUT2D eigenvalue weighted by molar-refractivity contribution is -0.140. The molecule has 194 valence electrons. The second kappa shape index (κ2) is 13.5. The van der Waals surface area contributed by atoms with Crippen molar-refractivity contribution in [2.24, 2.45) is 0 Å². The van der Waals surface area contributed by atoms with Gasteiger partial charge in [0.15, 0.2) is 0 Å². The number of nitrogens with one attached hydrogen (secondary N) is 1. The van der Waals surface area contributed by atoms with Crippen molar-refractivity contribution in [3.8, 4) is 5.75 Å². The van der Waals surface area contributed by atoms with Crippen molar-refractivity contribution in [3.05, 3.63) is 136 Å². The third-order valence-electron chi connectivity index (χ3n) is 6.38. The highest BCUT2D eigenvalue weighted by atomic mass is 35.5. The van der Waals surface area contributed by atoms with Crippen LogP contribution in [-0.2, 0) is 35.5 Å². The van der Waals surface area contributed by atoms with Gasteiger partial charge >= 0.3 is 0 Å². The minimum absolute atomic E-state index is 0.135. The molecule has 0 spiro atoms. The lowest BCUT2D eigenvalue weighted by Gasteiger charge is -2.32. The van der Waals surface area contributed by atoms with Gasteiger partial charge in [0.1, 0.15) is 11.8 Å². The van der Waals surface area contributed by atoms with Crippen molar-refractivity contribution in [3.63, 3.8) is 0 Å². The highest BCUT2D eigenvalue weighted by Gasteiger charge is 2.30. The molecule has 4 aromatic rings. The zero-order chi connectivity index (χ0) is 26.7. The standard InChI is InChI=1S/C32H31ClN2O3/c1-38-30-15-9-8-14-27(30)22-34-32(37)29(20-24-10-4-2-5-11-24)35(23-26-12-6-3-7-13-26)31(36)21-25-16-18-28(33)19-17-25/h2-19,29H,20-23H2,1H3,(H,34,37)/t29-/m1/s1. The van der Waals surface area contributed by atoms with Crippen LogP contribution in [0.5, 0.6) is 5.75 Å². The summed E-state index contributed by atoms with van der Waals surface area (Å²) in [5.74, 6) is 0.345. The Bertz CT molecular complexity index is 1330. The second-order valence-corrected chi connectivity index (χ2v) is 9.48. The van der Waals surface area contributed by atoms with Crippen LogP contribution in [0.15, 0.2) is 109 Å². The summed E-state index contributed by atoms with van der Waals surface area (Å²) >= 11 is 6.05. The Morgan fingerprint density at radius 2 is 1.39 bits per heavy atom. The molecular formula is C32H31ClN2O3. The zero-order valence-corrected chi connectivity index (χ0v) is 22.1. The number of hydrogen-bond acceptors (Lipinski definition) is 3. The minimum atomic E-state index is -0.716. The molecule has 5 nitrogen and oxygen atoms in total. The summed E-state index contributed by atoms with van der Waals surface area (Å²) in [5, 5.41) is 3.67. The Hall–Kier alpha value is -4.09. The van der Waals surface area contributed by atoms with Crippen LogP contribution in [-0.4, -0.2) is 29.9 Å². The maximum Gasteiger partial charge on any atom is 0.243 e. The first-order valence-electron chi connectivity index (χ1n) is 12.5. The van der Waals surface area contributed by atoms with Crippen LogP contribution < -0.4 is 10.1 Å². The minimum Gasteiger partial charge on any atom is -0.496 e. The molecule has 0 fully saturated rings. The molecule has 0 saturated carbocycles. The summed E-state index contributed by atoms with van der Waals surface area (Å²) in [6.45, 7) is 0.603. The van der Waals surface area contributed by atoms with Gasteiger partial charge in [0, 0.05) is 30.1 Å². The molecule has 0 aliphatic heterocycles. The highest BCUT2D eigenvalue weighted by molar-refractivity contribution is 6.30. The van der Waals surface area contributed by atoms with Crippen LogP contribution in [0.3, 0.4) is 0 Å². The average Bonchev–Trinajstić information content (AvgIpc) is 2.96. The fourth-order valence-corrected chi connectivity index (χ4v) is 4.49. The number of para-hydroxylation sites is 1.